The lowest BCUT2D eigenvalue weighted by molar-refractivity contribution is -0.113. The van der Waals surface area contributed by atoms with Crippen molar-refractivity contribution in [3.05, 3.63) is 64.6 Å². The van der Waals surface area contributed by atoms with Crippen molar-refractivity contribution in [1.82, 2.24) is 0 Å². The molecule has 0 fully saturated rings. The van der Waals surface area contributed by atoms with Crippen LogP contribution in [0.1, 0.15) is 24.5 Å². The molecule has 0 spiro atoms. The molecule has 1 aliphatic heterocycles. The smallest absolute Gasteiger partial charge is 0.284 e. The highest BCUT2D eigenvalue weighted by Gasteiger charge is 2.22. The maximum absolute atomic E-state index is 12.2. The molecule has 1 amide bonds. The van der Waals surface area contributed by atoms with Crippen molar-refractivity contribution in [1.29, 1.82) is 0 Å². The fraction of sp³-hybridized carbons (Fsp3) is 0.200. The molecule has 128 valence electrons. The molecular weight excluding hydrogens is 334 g/mol. The number of carbonyl (C=O) groups is 1. The van der Waals surface area contributed by atoms with Gasteiger partial charge in [-0.2, -0.15) is 0 Å². The summed E-state index contributed by atoms with van der Waals surface area (Å²) in [5, 5.41) is 0.715. The Morgan fingerprint density at radius 2 is 1.72 bits per heavy atom. The number of thioether (sulfide) groups is 1. The van der Waals surface area contributed by atoms with Crippen LogP contribution in [0.3, 0.4) is 0 Å². The minimum Gasteiger partial charge on any atom is -0.497 e. The van der Waals surface area contributed by atoms with Crippen molar-refractivity contribution in [2.24, 2.45) is 4.99 Å². The average Bonchev–Trinajstić information content (AvgIpc) is 3.01. The van der Waals surface area contributed by atoms with Crippen molar-refractivity contribution >= 4 is 28.8 Å². The van der Waals surface area contributed by atoms with Crippen molar-refractivity contribution in [3.63, 3.8) is 0 Å². The van der Waals surface area contributed by atoms with Crippen molar-refractivity contribution in [2.45, 2.75) is 13.3 Å². The van der Waals surface area contributed by atoms with E-state index < -0.39 is 0 Å². The summed E-state index contributed by atoms with van der Waals surface area (Å²) in [6, 6.07) is 15.2. The van der Waals surface area contributed by atoms with Gasteiger partial charge < -0.3 is 9.47 Å². The quantitative estimate of drug-likeness (QED) is 0.715. The van der Waals surface area contributed by atoms with E-state index in [0.29, 0.717) is 16.6 Å². The summed E-state index contributed by atoms with van der Waals surface area (Å²) in [5.74, 6) is 1.41. The third kappa shape index (κ3) is 4.31. The fourth-order valence-corrected chi connectivity index (χ4v) is 3.22. The number of carbonyl (C=O) groups excluding carboxylic acids is 1. The SMILES string of the molecule is CCCOc1ccc(C2=NC(=O)/C(=C/c3ccc(OC)cc3)S2)cc1. The van der Waals surface area contributed by atoms with Gasteiger partial charge in [-0.15, -0.1) is 0 Å². The number of hydrogen-bond donors (Lipinski definition) is 0. The number of methoxy groups -OCH3 is 1. The van der Waals surface area contributed by atoms with Crippen LogP contribution in [0.15, 0.2) is 58.4 Å². The Morgan fingerprint density at radius 1 is 1.04 bits per heavy atom. The molecule has 0 atom stereocenters. The van der Waals surface area contributed by atoms with E-state index >= 15 is 0 Å². The monoisotopic (exact) mass is 353 g/mol. The second kappa shape index (κ2) is 8.03. The Morgan fingerprint density at radius 3 is 2.36 bits per heavy atom. The Bertz CT molecular complexity index is 808. The van der Waals surface area contributed by atoms with Gasteiger partial charge in [0, 0.05) is 5.56 Å². The Balaban J connectivity index is 1.72. The maximum atomic E-state index is 12.2. The molecule has 5 heteroatoms. The molecule has 2 aromatic rings. The zero-order valence-electron chi connectivity index (χ0n) is 14.2. The van der Waals surface area contributed by atoms with E-state index in [1.165, 1.54) is 11.8 Å². The number of hydrogen-bond acceptors (Lipinski definition) is 4. The van der Waals surface area contributed by atoms with Crippen LogP contribution in [0.5, 0.6) is 11.5 Å². The predicted octanol–water partition coefficient (Wildman–Crippen LogP) is 4.55. The lowest BCUT2D eigenvalue weighted by Crippen LogP contribution is -1.96. The molecule has 3 rings (SSSR count). The number of rotatable bonds is 6. The van der Waals surface area contributed by atoms with Gasteiger partial charge in [-0.05, 0) is 54.5 Å². The van der Waals surface area contributed by atoms with Crippen LogP contribution in [0.2, 0.25) is 0 Å². The number of benzene rings is 2. The minimum absolute atomic E-state index is 0.206. The standard InChI is InChI=1S/C20H19NO3S/c1-3-12-24-17-10-6-15(7-11-17)20-21-19(22)18(25-20)13-14-4-8-16(23-2)9-5-14/h4-11,13H,3,12H2,1-2H3/b18-13-. The first-order valence-corrected chi connectivity index (χ1v) is 8.91. The van der Waals surface area contributed by atoms with E-state index in [4.69, 9.17) is 9.47 Å². The van der Waals surface area contributed by atoms with Crippen molar-refractivity contribution in [3.8, 4) is 11.5 Å². The number of ether oxygens (including phenoxy) is 2. The minimum atomic E-state index is -0.206. The van der Waals surface area contributed by atoms with Gasteiger partial charge in [0.25, 0.3) is 5.91 Å². The molecule has 1 aliphatic rings. The van der Waals surface area contributed by atoms with Crippen molar-refractivity contribution < 1.29 is 14.3 Å². The zero-order valence-corrected chi connectivity index (χ0v) is 15.0. The molecule has 0 aliphatic carbocycles. The van der Waals surface area contributed by atoms with Crippen LogP contribution >= 0.6 is 11.8 Å². The highest BCUT2D eigenvalue weighted by Crippen LogP contribution is 2.32. The molecule has 25 heavy (non-hydrogen) atoms. The van der Waals surface area contributed by atoms with Gasteiger partial charge in [-0.25, -0.2) is 4.99 Å². The van der Waals surface area contributed by atoms with Gasteiger partial charge in [0.05, 0.1) is 18.6 Å². The Hall–Kier alpha value is -2.53. The molecule has 2 aromatic carbocycles. The average molecular weight is 353 g/mol. The van der Waals surface area contributed by atoms with E-state index in [1.807, 2.05) is 54.6 Å². The Labute approximate surface area is 151 Å². The second-order valence-electron chi connectivity index (χ2n) is 5.48. The first-order chi connectivity index (χ1) is 12.2. The summed E-state index contributed by atoms with van der Waals surface area (Å²) < 4.78 is 10.7. The van der Waals surface area contributed by atoms with Gasteiger partial charge in [0.2, 0.25) is 0 Å². The summed E-state index contributed by atoms with van der Waals surface area (Å²) in [4.78, 5) is 17.0. The summed E-state index contributed by atoms with van der Waals surface area (Å²) in [6.07, 6.45) is 2.82. The molecular formula is C20H19NO3S. The van der Waals surface area contributed by atoms with Crippen LogP contribution in [0.25, 0.3) is 6.08 Å². The summed E-state index contributed by atoms with van der Waals surface area (Å²) >= 11 is 1.39. The van der Waals surface area contributed by atoms with Crippen LogP contribution in [0, 0.1) is 0 Å². The molecule has 1 heterocycles. The highest BCUT2D eigenvalue weighted by molar-refractivity contribution is 8.19. The van der Waals surface area contributed by atoms with Gasteiger partial charge >= 0.3 is 0 Å². The Kier molecular flexibility index (Phi) is 5.56. The normalized spacial score (nSPS) is 15.4. The highest BCUT2D eigenvalue weighted by atomic mass is 32.2. The third-order valence-electron chi connectivity index (χ3n) is 3.61. The van der Waals surface area contributed by atoms with Crippen LogP contribution in [-0.2, 0) is 4.79 Å². The van der Waals surface area contributed by atoms with Crippen LogP contribution in [0.4, 0.5) is 0 Å². The van der Waals surface area contributed by atoms with Gasteiger partial charge in [-0.3, -0.25) is 4.79 Å². The number of aliphatic imine (C=N–C) groups is 1. The molecule has 0 saturated carbocycles. The lowest BCUT2D eigenvalue weighted by Gasteiger charge is -2.05. The van der Waals surface area contributed by atoms with Crippen molar-refractivity contribution in [2.75, 3.05) is 13.7 Å². The van der Waals surface area contributed by atoms with Crippen LogP contribution < -0.4 is 9.47 Å². The third-order valence-corrected chi connectivity index (χ3v) is 4.64. The lowest BCUT2D eigenvalue weighted by atomic mass is 10.2. The molecule has 0 saturated heterocycles. The fourth-order valence-electron chi connectivity index (χ4n) is 2.30. The van der Waals surface area contributed by atoms with E-state index in [0.717, 1.165) is 29.0 Å². The number of amides is 1. The van der Waals surface area contributed by atoms with E-state index in [-0.39, 0.29) is 5.91 Å². The molecule has 4 nitrogen and oxygen atoms in total. The first kappa shape index (κ1) is 17.3. The molecule has 0 unspecified atom stereocenters. The number of nitrogens with zero attached hydrogens (tertiary/aromatic N) is 1. The van der Waals surface area contributed by atoms with Gasteiger partial charge in [-0.1, -0.05) is 30.8 Å². The zero-order chi connectivity index (χ0) is 17.6. The topological polar surface area (TPSA) is 47.9 Å². The van der Waals surface area contributed by atoms with E-state index in [2.05, 4.69) is 11.9 Å². The first-order valence-electron chi connectivity index (χ1n) is 8.09. The molecule has 0 N–H and O–H groups in total. The summed E-state index contributed by atoms with van der Waals surface area (Å²) in [7, 11) is 1.63. The van der Waals surface area contributed by atoms with Gasteiger partial charge in [0.1, 0.15) is 16.5 Å². The molecule has 0 bridgehead atoms. The van der Waals surface area contributed by atoms with Gasteiger partial charge in [0.15, 0.2) is 0 Å². The molecule has 0 radical (unpaired) electrons. The summed E-state index contributed by atoms with van der Waals surface area (Å²) in [5.41, 5.74) is 1.86. The second-order valence-corrected chi connectivity index (χ2v) is 6.51. The maximum Gasteiger partial charge on any atom is 0.284 e. The summed E-state index contributed by atoms with van der Waals surface area (Å²) in [6.45, 7) is 2.77. The largest absolute Gasteiger partial charge is 0.497 e. The predicted molar refractivity (Wildman–Crippen MR) is 102 cm³/mol. The van der Waals surface area contributed by atoms with E-state index in [9.17, 15) is 4.79 Å². The van der Waals surface area contributed by atoms with Crippen LogP contribution in [-0.4, -0.2) is 24.7 Å². The van der Waals surface area contributed by atoms with E-state index in [1.54, 1.807) is 7.11 Å². The molecule has 0 aromatic heterocycles.